The second-order valence-electron chi connectivity index (χ2n) is 1.61. The van der Waals surface area contributed by atoms with Gasteiger partial charge in [-0.3, -0.25) is 0 Å². The molecule has 0 spiro atoms. The second kappa shape index (κ2) is 2.82. The van der Waals surface area contributed by atoms with Gasteiger partial charge in [-0.15, -0.1) is 0 Å². The van der Waals surface area contributed by atoms with Crippen LogP contribution in [0.5, 0.6) is 0 Å². The van der Waals surface area contributed by atoms with Crippen LogP contribution in [0.2, 0.25) is 0 Å². The minimum atomic E-state index is 0.888. The van der Waals surface area contributed by atoms with Gasteiger partial charge in [0.1, 0.15) is 0 Å². The molecule has 0 unspecified atom stereocenters. The zero-order valence-electron chi connectivity index (χ0n) is 4.50. The Morgan fingerprint density at radius 1 is 1.62 bits per heavy atom. The van der Waals surface area contributed by atoms with Crippen molar-refractivity contribution >= 4 is 12.6 Å². The molecule has 0 saturated heterocycles. The first kappa shape index (κ1) is 5.76. The minimum absolute atomic E-state index is 0.888. The van der Waals surface area contributed by atoms with Gasteiger partial charge in [-0.2, -0.15) is 12.6 Å². The molecule has 0 aliphatic rings. The molecular weight excluding hydrogens is 120 g/mol. The first-order valence-electron chi connectivity index (χ1n) is 2.55. The number of thiol groups is 1. The largest absolute Gasteiger partial charge is 0.472 e. The van der Waals surface area contributed by atoms with Gasteiger partial charge in [0.2, 0.25) is 0 Å². The zero-order chi connectivity index (χ0) is 5.82. The molecular formula is C6H8OS. The second-order valence-corrected chi connectivity index (χ2v) is 2.05. The van der Waals surface area contributed by atoms with Gasteiger partial charge < -0.3 is 4.42 Å². The van der Waals surface area contributed by atoms with E-state index in [0.717, 1.165) is 12.2 Å². The summed E-state index contributed by atoms with van der Waals surface area (Å²) in [7, 11) is 0. The highest BCUT2D eigenvalue weighted by Gasteiger charge is 1.88. The van der Waals surface area contributed by atoms with Gasteiger partial charge in [0.05, 0.1) is 12.5 Å². The maximum absolute atomic E-state index is 4.83. The molecule has 1 rings (SSSR count). The molecule has 8 heavy (non-hydrogen) atoms. The van der Waals surface area contributed by atoms with Crippen LogP contribution >= 0.6 is 12.6 Å². The fourth-order valence-corrected chi connectivity index (χ4v) is 0.822. The normalized spacial score (nSPS) is 9.62. The zero-order valence-corrected chi connectivity index (χ0v) is 5.40. The van der Waals surface area contributed by atoms with Gasteiger partial charge in [0.15, 0.2) is 0 Å². The Kier molecular flexibility index (Phi) is 2.03. The third-order valence-corrected chi connectivity index (χ3v) is 1.20. The van der Waals surface area contributed by atoms with Crippen LogP contribution in [-0.2, 0) is 6.42 Å². The van der Waals surface area contributed by atoms with E-state index in [1.54, 1.807) is 12.5 Å². The van der Waals surface area contributed by atoms with Crippen LogP contribution < -0.4 is 0 Å². The van der Waals surface area contributed by atoms with E-state index in [1.807, 2.05) is 6.07 Å². The maximum atomic E-state index is 4.83. The summed E-state index contributed by atoms with van der Waals surface area (Å²) < 4.78 is 4.83. The van der Waals surface area contributed by atoms with Crippen LogP contribution in [0.4, 0.5) is 0 Å². The predicted octanol–water partition coefficient (Wildman–Crippen LogP) is 1.75. The average Bonchev–Trinajstić information content (AvgIpc) is 2.19. The molecule has 0 aromatic carbocycles. The monoisotopic (exact) mass is 128 g/mol. The standard InChI is InChI=1S/C6H8OS/c8-4-2-6-1-3-7-5-6/h1,3,5,8H,2,4H2. The third-order valence-electron chi connectivity index (χ3n) is 0.981. The molecule has 0 radical (unpaired) electrons. The summed E-state index contributed by atoms with van der Waals surface area (Å²) in [6, 6.07) is 1.95. The SMILES string of the molecule is SCCc1ccoc1. The first-order chi connectivity index (χ1) is 3.93. The Bertz CT molecular complexity index is 134. The van der Waals surface area contributed by atoms with Crippen molar-refractivity contribution in [2.45, 2.75) is 6.42 Å². The van der Waals surface area contributed by atoms with E-state index in [4.69, 9.17) is 4.42 Å². The van der Waals surface area contributed by atoms with Crippen molar-refractivity contribution in [2.24, 2.45) is 0 Å². The van der Waals surface area contributed by atoms with E-state index in [9.17, 15) is 0 Å². The molecule has 2 heteroatoms. The summed E-state index contributed by atoms with van der Waals surface area (Å²) >= 11 is 4.07. The number of hydrogen-bond acceptors (Lipinski definition) is 2. The molecule has 0 N–H and O–H groups in total. The van der Waals surface area contributed by atoms with Gasteiger partial charge >= 0.3 is 0 Å². The topological polar surface area (TPSA) is 13.1 Å². The van der Waals surface area contributed by atoms with Crippen LogP contribution in [0.1, 0.15) is 5.56 Å². The molecule has 1 heterocycles. The van der Waals surface area contributed by atoms with Crippen LogP contribution in [0.25, 0.3) is 0 Å². The molecule has 44 valence electrons. The van der Waals surface area contributed by atoms with Crippen LogP contribution in [0.3, 0.4) is 0 Å². The molecule has 1 aromatic rings. The Hall–Kier alpha value is -0.370. The average molecular weight is 128 g/mol. The van der Waals surface area contributed by atoms with Gasteiger partial charge in [-0.05, 0) is 23.8 Å². The van der Waals surface area contributed by atoms with E-state index in [-0.39, 0.29) is 0 Å². The van der Waals surface area contributed by atoms with E-state index in [1.165, 1.54) is 5.56 Å². The molecule has 1 aromatic heterocycles. The van der Waals surface area contributed by atoms with Gasteiger partial charge in [-0.1, -0.05) is 0 Å². The Morgan fingerprint density at radius 2 is 2.50 bits per heavy atom. The van der Waals surface area contributed by atoms with Crippen molar-refractivity contribution in [3.63, 3.8) is 0 Å². The Morgan fingerprint density at radius 3 is 3.00 bits per heavy atom. The number of hydrogen-bond donors (Lipinski definition) is 1. The summed E-state index contributed by atoms with van der Waals surface area (Å²) in [4.78, 5) is 0. The van der Waals surface area contributed by atoms with Gasteiger partial charge in [0, 0.05) is 0 Å². The molecule has 0 atom stereocenters. The molecule has 0 saturated carbocycles. The van der Waals surface area contributed by atoms with Crippen molar-refractivity contribution < 1.29 is 4.42 Å². The lowest BCUT2D eigenvalue weighted by molar-refractivity contribution is 0.564. The lowest BCUT2D eigenvalue weighted by atomic mass is 10.3. The molecule has 1 nitrogen and oxygen atoms in total. The van der Waals surface area contributed by atoms with E-state index in [2.05, 4.69) is 12.6 Å². The highest BCUT2D eigenvalue weighted by atomic mass is 32.1. The van der Waals surface area contributed by atoms with Crippen molar-refractivity contribution in [1.82, 2.24) is 0 Å². The van der Waals surface area contributed by atoms with Crippen LogP contribution in [0, 0.1) is 0 Å². The highest BCUT2D eigenvalue weighted by molar-refractivity contribution is 7.80. The van der Waals surface area contributed by atoms with Crippen molar-refractivity contribution in [2.75, 3.05) is 5.75 Å². The summed E-state index contributed by atoms with van der Waals surface area (Å²) in [5, 5.41) is 0. The maximum Gasteiger partial charge on any atom is 0.0934 e. The quantitative estimate of drug-likeness (QED) is 0.599. The summed E-state index contributed by atoms with van der Waals surface area (Å²) in [5.41, 5.74) is 1.22. The molecule has 0 aliphatic carbocycles. The molecule has 0 fully saturated rings. The molecule has 0 amide bonds. The molecule has 0 bridgehead atoms. The predicted molar refractivity (Wildman–Crippen MR) is 36.3 cm³/mol. The lowest BCUT2D eigenvalue weighted by Crippen LogP contribution is -1.78. The highest BCUT2D eigenvalue weighted by Crippen LogP contribution is 2.00. The molecule has 0 aliphatic heterocycles. The number of rotatable bonds is 2. The lowest BCUT2D eigenvalue weighted by Gasteiger charge is -1.84. The fraction of sp³-hybridized carbons (Fsp3) is 0.333. The van der Waals surface area contributed by atoms with Gasteiger partial charge in [-0.25, -0.2) is 0 Å². The van der Waals surface area contributed by atoms with Crippen molar-refractivity contribution in [1.29, 1.82) is 0 Å². The Balaban J connectivity index is 2.50. The van der Waals surface area contributed by atoms with Crippen molar-refractivity contribution in [3.8, 4) is 0 Å². The van der Waals surface area contributed by atoms with Crippen molar-refractivity contribution in [3.05, 3.63) is 24.2 Å². The number of furan rings is 1. The van der Waals surface area contributed by atoms with E-state index >= 15 is 0 Å². The van der Waals surface area contributed by atoms with E-state index in [0.29, 0.717) is 0 Å². The van der Waals surface area contributed by atoms with Crippen LogP contribution in [-0.4, -0.2) is 5.75 Å². The smallest absolute Gasteiger partial charge is 0.0934 e. The van der Waals surface area contributed by atoms with E-state index < -0.39 is 0 Å². The van der Waals surface area contributed by atoms with Crippen LogP contribution in [0.15, 0.2) is 23.0 Å². The first-order valence-corrected chi connectivity index (χ1v) is 3.18. The summed E-state index contributed by atoms with van der Waals surface area (Å²) in [6.45, 7) is 0. The van der Waals surface area contributed by atoms with Gasteiger partial charge in [0.25, 0.3) is 0 Å². The third kappa shape index (κ3) is 1.30. The Labute approximate surface area is 54.1 Å². The number of aryl methyl sites for hydroxylation is 1. The fourth-order valence-electron chi connectivity index (χ4n) is 0.564. The summed E-state index contributed by atoms with van der Waals surface area (Å²) in [6.07, 6.45) is 4.43. The summed E-state index contributed by atoms with van der Waals surface area (Å²) in [5.74, 6) is 0.888. The minimum Gasteiger partial charge on any atom is -0.472 e.